The molecule has 0 spiro atoms. The Hall–Kier alpha value is -2.04. The Morgan fingerprint density at radius 3 is 2.50 bits per heavy atom. The smallest absolute Gasteiger partial charge is 0.247 e. The fraction of sp³-hybridized carbons (Fsp3) is 0.385. The lowest BCUT2D eigenvalue weighted by Crippen LogP contribution is -2.22. The molecular formula is C13H18N4O. The first-order chi connectivity index (χ1) is 8.58. The lowest BCUT2D eigenvalue weighted by molar-refractivity contribution is -0.118. The summed E-state index contributed by atoms with van der Waals surface area (Å²) in [5, 5.41) is 7.05. The van der Waals surface area contributed by atoms with Gasteiger partial charge in [0.25, 0.3) is 0 Å². The van der Waals surface area contributed by atoms with Crippen molar-refractivity contribution in [2.45, 2.75) is 32.9 Å². The molecule has 0 fully saturated rings. The first kappa shape index (κ1) is 12.4. The molecule has 1 N–H and O–H groups in total. The lowest BCUT2D eigenvalue weighted by atomic mass is 10.3. The molecule has 2 aromatic rings. The van der Waals surface area contributed by atoms with Gasteiger partial charge >= 0.3 is 0 Å². The van der Waals surface area contributed by atoms with E-state index in [4.69, 9.17) is 0 Å². The summed E-state index contributed by atoms with van der Waals surface area (Å²) in [6, 6.07) is 3.86. The molecule has 5 heteroatoms. The van der Waals surface area contributed by atoms with Crippen LogP contribution in [0.4, 0.5) is 5.69 Å². The predicted molar refractivity (Wildman–Crippen MR) is 70.4 cm³/mol. The van der Waals surface area contributed by atoms with Crippen LogP contribution in [0.2, 0.25) is 0 Å². The van der Waals surface area contributed by atoms with Crippen molar-refractivity contribution in [1.82, 2.24) is 14.3 Å². The standard InChI is InChI=1S/C13H18N4O/c1-10(2)17-9-12(8-14-17)15-13(18)11(3)16-6-4-5-7-16/h4-11H,1-3H3,(H,15,18). The van der Waals surface area contributed by atoms with Gasteiger partial charge in [-0.05, 0) is 32.9 Å². The van der Waals surface area contributed by atoms with Crippen molar-refractivity contribution in [1.29, 1.82) is 0 Å². The molecule has 0 aliphatic rings. The summed E-state index contributed by atoms with van der Waals surface area (Å²) in [5.41, 5.74) is 0.729. The van der Waals surface area contributed by atoms with Gasteiger partial charge in [0.1, 0.15) is 6.04 Å². The SMILES string of the molecule is CC(C(=O)Nc1cnn(C(C)C)c1)n1cccc1. The van der Waals surface area contributed by atoms with Crippen LogP contribution in [-0.2, 0) is 4.79 Å². The normalized spacial score (nSPS) is 12.7. The van der Waals surface area contributed by atoms with Crippen molar-refractivity contribution in [3.8, 4) is 0 Å². The van der Waals surface area contributed by atoms with E-state index in [0.29, 0.717) is 0 Å². The third kappa shape index (κ3) is 2.61. The molecule has 2 heterocycles. The van der Waals surface area contributed by atoms with Crippen LogP contribution >= 0.6 is 0 Å². The summed E-state index contributed by atoms with van der Waals surface area (Å²) in [7, 11) is 0. The highest BCUT2D eigenvalue weighted by atomic mass is 16.2. The minimum atomic E-state index is -0.234. The van der Waals surface area contributed by atoms with E-state index in [1.54, 1.807) is 6.20 Å². The molecule has 18 heavy (non-hydrogen) atoms. The molecule has 5 nitrogen and oxygen atoms in total. The number of hydrogen-bond donors (Lipinski definition) is 1. The van der Waals surface area contributed by atoms with Gasteiger partial charge in [0.2, 0.25) is 5.91 Å². The second kappa shape index (κ2) is 5.08. The Bertz CT molecular complexity index is 513. The second-order valence-electron chi connectivity index (χ2n) is 4.60. The molecule has 2 aromatic heterocycles. The summed E-state index contributed by atoms with van der Waals surface area (Å²) < 4.78 is 3.68. The number of nitrogens with one attached hydrogen (secondary N) is 1. The van der Waals surface area contributed by atoms with Crippen molar-refractivity contribution in [3.63, 3.8) is 0 Å². The number of amides is 1. The first-order valence-electron chi connectivity index (χ1n) is 6.05. The summed E-state index contributed by atoms with van der Waals surface area (Å²) >= 11 is 0. The van der Waals surface area contributed by atoms with Crippen LogP contribution < -0.4 is 5.32 Å². The maximum Gasteiger partial charge on any atom is 0.247 e. The minimum absolute atomic E-state index is 0.0468. The Morgan fingerprint density at radius 1 is 1.28 bits per heavy atom. The molecule has 0 aliphatic carbocycles. The van der Waals surface area contributed by atoms with E-state index in [0.717, 1.165) is 5.69 Å². The molecule has 1 amide bonds. The van der Waals surface area contributed by atoms with Crippen LogP contribution in [0, 0.1) is 0 Å². The quantitative estimate of drug-likeness (QED) is 0.901. The number of rotatable bonds is 4. The second-order valence-corrected chi connectivity index (χ2v) is 4.60. The van der Waals surface area contributed by atoms with Gasteiger partial charge in [-0.3, -0.25) is 9.48 Å². The van der Waals surface area contributed by atoms with Crippen LogP contribution in [0.1, 0.15) is 32.9 Å². The van der Waals surface area contributed by atoms with E-state index >= 15 is 0 Å². The number of anilines is 1. The van der Waals surface area contributed by atoms with E-state index in [1.165, 1.54) is 0 Å². The van der Waals surface area contributed by atoms with E-state index in [1.807, 2.05) is 60.7 Å². The zero-order chi connectivity index (χ0) is 13.1. The fourth-order valence-corrected chi connectivity index (χ4v) is 1.67. The van der Waals surface area contributed by atoms with Crippen LogP contribution in [0.5, 0.6) is 0 Å². The Labute approximate surface area is 106 Å². The molecule has 1 unspecified atom stereocenters. The third-order valence-electron chi connectivity index (χ3n) is 2.85. The van der Waals surface area contributed by atoms with Crippen molar-refractivity contribution >= 4 is 11.6 Å². The first-order valence-corrected chi connectivity index (χ1v) is 6.05. The van der Waals surface area contributed by atoms with E-state index in [9.17, 15) is 4.79 Å². The predicted octanol–water partition coefficient (Wildman–Crippen LogP) is 2.47. The molecule has 96 valence electrons. The average Bonchev–Trinajstić information content (AvgIpc) is 2.98. The zero-order valence-electron chi connectivity index (χ0n) is 10.9. The van der Waals surface area contributed by atoms with E-state index in [2.05, 4.69) is 10.4 Å². The Kier molecular flexibility index (Phi) is 3.50. The van der Waals surface area contributed by atoms with Crippen molar-refractivity contribution in [2.75, 3.05) is 5.32 Å². The highest BCUT2D eigenvalue weighted by Gasteiger charge is 2.14. The minimum Gasteiger partial charge on any atom is -0.342 e. The molecule has 0 radical (unpaired) electrons. The molecule has 1 atom stereocenters. The number of hydrogen-bond acceptors (Lipinski definition) is 2. The molecule has 0 aliphatic heterocycles. The Balaban J connectivity index is 2.02. The van der Waals surface area contributed by atoms with Gasteiger partial charge in [-0.25, -0.2) is 0 Å². The van der Waals surface area contributed by atoms with Crippen molar-refractivity contribution in [3.05, 3.63) is 36.9 Å². The van der Waals surface area contributed by atoms with Gasteiger partial charge in [-0.1, -0.05) is 0 Å². The van der Waals surface area contributed by atoms with Gasteiger partial charge in [0, 0.05) is 24.6 Å². The largest absolute Gasteiger partial charge is 0.342 e. The van der Waals surface area contributed by atoms with Gasteiger partial charge in [0.15, 0.2) is 0 Å². The van der Waals surface area contributed by atoms with Crippen LogP contribution in [0.3, 0.4) is 0 Å². The molecular weight excluding hydrogens is 228 g/mol. The maximum atomic E-state index is 12.0. The average molecular weight is 246 g/mol. The summed E-state index contributed by atoms with van der Waals surface area (Å²) in [6.07, 6.45) is 7.26. The van der Waals surface area contributed by atoms with E-state index in [-0.39, 0.29) is 18.0 Å². The van der Waals surface area contributed by atoms with Crippen LogP contribution in [0.25, 0.3) is 0 Å². The number of aromatic nitrogens is 3. The maximum absolute atomic E-state index is 12.0. The van der Waals surface area contributed by atoms with Gasteiger partial charge in [-0.2, -0.15) is 5.10 Å². The zero-order valence-corrected chi connectivity index (χ0v) is 10.9. The fourth-order valence-electron chi connectivity index (χ4n) is 1.67. The topological polar surface area (TPSA) is 51.9 Å². The lowest BCUT2D eigenvalue weighted by Gasteiger charge is -2.12. The molecule has 0 aromatic carbocycles. The molecule has 0 bridgehead atoms. The summed E-state index contributed by atoms with van der Waals surface area (Å²) in [5.74, 6) is -0.0468. The van der Waals surface area contributed by atoms with Crippen molar-refractivity contribution in [2.24, 2.45) is 0 Å². The Morgan fingerprint density at radius 2 is 1.94 bits per heavy atom. The van der Waals surface area contributed by atoms with Crippen molar-refractivity contribution < 1.29 is 4.79 Å². The molecule has 2 rings (SSSR count). The van der Waals surface area contributed by atoms with Crippen LogP contribution in [-0.4, -0.2) is 20.3 Å². The van der Waals surface area contributed by atoms with Gasteiger partial charge in [-0.15, -0.1) is 0 Å². The third-order valence-corrected chi connectivity index (χ3v) is 2.85. The molecule has 0 saturated heterocycles. The number of carbonyl (C=O) groups is 1. The highest BCUT2D eigenvalue weighted by molar-refractivity contribution is 5.93. The monoisotopic (exact) mass is 246 g/mol. The summed E-state index contributed by atoms with van der Waals surface area (Å²) in [4.78, 5) is 12.0. The number of nitrogens with zero attached hydrogens (tertiary/aromatic N) is 3. The van der Waals surface area contributed by atoms with Gasteiger partial charge in [0.05, 0.1) is 11.9 Å². The number of carbonyl (C=O) groups excluding carboxylic acids is 1. The summed E-state index contributed by atoms with van der Waals surface area (Å²) in [6.45, 7) is 5.95. The highest BCUT2D eigenvalue weighted by Crippen LogP contribution is 2.13. The van der Waals surface area contributed by atoms with E-state index < -0.39 is 0 Å². The van der Waals surface area contributed by atoms with Crippen LogP contribution in [0.15, 0.2) is 36.9 Å². The van der Waals surface area contributed by atoms with Gasteiger partial charge < -0.3 is 9.88 Å². The molecule has 0 saturated carbocycles.